The van der Waals surface area contributed by atoms with Crippen LogP contribution in [-0.2, 0) is 6.42 Å². The Balaban J connectivity index is 1.74. The van der Waals surface area contributed by atoms with Crippen molar-refractivity contribution in [2.24, 2.45) is 5.73 Å². The van der Waals surface area contributed by atoms with Gasteiger partial charge in [-0.1, -0.05) is 6.92 Å². The average molecular weight is 271 g/mol. The summed E-state index contributed by atoms with van der Waals surface area (Å²) in [5.74, 6) is 0.798. The van der Waals surface area contributed by atoms with Crippen molar-refractivity contribution in [2.45, 2.75) is 32.2 Å². The van der Waals surface area contributed by atoms with Crippen molar-refractivity contribution >= 4 is 0 Å². The van der Waals surface area contributed by atoms with Crippen LogP contribution in [0.15, 0.2) is 42.9 Å². The van der Waals surface area contributed by atoms with Crippen LogP contribution in [0.5, 0.6) is 5.75 Å². The molecule has 0 aliphatic rings. The Morgan fingerprint density at radius 3 is 2.65 bits per heavy atom. The number of ether oxygens (including phenoxy) is 1. The fourth-order valence-corrected chi connectivity index (χ4v) is 1.92. The van der Waals surface area contributed by atoms with E-state index in [0.717, 1.165) is 30.7 Å². The summed E-state index contributed by atoms with van der Waals surface area (Å²) >= 11 is 0. The third-order valence-electron chi connectivity index (χ3n) is 3.21. The molecule has 2 aromatic rings. The molecule has 20 heavy (non-hydrogen) atoms. The fraction of sp³-hybridized carbons (Fsp3) is 0.375. The van der Waals surface area contributed by atoms with Crippen LogP contribution in [-0.4, -0.2) is 16.6 Å². The predicted molar refractivity (Wildman–Crippen MR) is 79.5 cm³/mol. The second-order valence-corrected chi connectivity index (χ2v) is 4.74. The van der Waals surface area contributed by atoms with E-state index >= 15 is 0 Å². The van der Waals surface area contributed by atoms with Crippen molar-refractivity contribution < 1.29 is 4.74 Å². The molecule has 106 valence electrons. The molecule has 2 N–H and O–H groups in total. The fourth-order valence-electron chi connectivity index (χ4n) is 1.92. The molecule has 0 saturated carbocycles. The molecule has 4 nitrogen and oxygen atoms in total. The summed E-state index contributed by atoms with van der Waals surface area (Å²) in [6, 6.07) is 7.94. The van der Waals surface area contributed by atoms with Crippen molar-refractivity contribution in [3.8, 4) is 5.75 Å². The zero-order valence-electron chi connectivity index (χ0n) is 11.8. The Hall–Kier alpha value is -1.94. The molecule has 0 aliphatic heterocycles. The van der Waals surface area contributed by atoms with E-state index in [4.69, 9.17) is 10.5 Å². The zero-order chi connectivity index (χ0) is 14.2. The molecule has 1 atom stereocenters. The summed E-state index contributed by atoms with van der Waals surface area (Å²) in [7, 11) is 0. The van der Waals surface area contributed by atoms with Gasteiger partial charge in [0.1, 0.15) is 5.75 Å². The lowest BCUT2D eigenvalue weighted by molar-refractivity contribution is 0.309. The quantitative estimate of drug-likeness (QED) is 0.787. The zero-order valence-corrected chi connectivity index (χ0v) is 11.8. The van der Waals surface area contributed by atoms with E-state index in [-0.39, 0.29) is 6.04 Å². The molecule has 0 unspecified atom stereocenters. The highest BCUT2D eigenvalue weighted by Crippen LogP contribution is 2.15. The molecule has 4 heteroatoms. The lowest BCUT2D eigenvalue weighted by Gasteiger charge is -2.09. The predicted octanol–water partition coefficient (Wildman–Crippen LogP) is 2.90. The van der Waals surface area contributed by atoms with E-state index in [1.165, 1.54) is 5.56 Å². The highest BCUT2D eigenvalue weighted by atomic mass is 16.5. The lowest BCUT2D eigenvalue weighted by atomic mass is 10.1. The van der Waals surface area contributed by atoms with Crippen molar-refractivity contribution in [1.29, 1.82) is 0 Å². The smallest absolute Gasteiger partial charge is 0.137 e. The first-order valence-corrected chi connectivity index (χ1v) is 7.03. The van der Waals surface area contributed by atoms with Gasteiger partial charge in [0.25, 0.3) is 0 Å². The maximum atomic E-state index is 5.92. The van der Waals surface area contributed by atoms with Crippen LogP contribution in [0.1, 0.15) is 37.1 Å². The van der Waals surface area contributed by atoms with Gasteiger partial charge in [-0.2, -0.15) is 0 Å². The maximum absolute atomic E-state index is 5.92. The molecule has 0 aromatic carbocycles. The molecule has 0 spiro atoms. The highest BCUT2D eigenvalue weighted by molar-refractivity contribution is 5.21. The summed E-state index contributed by atoms with van der Waals surface area (Å²) in [4.78, 5) is 8.33. The normalized spacial score (nSPS) is 12.1. The number of hydrogen-bond donors (Lipinski definition) is 1. The van der Waals surface area contributed by atoms with Gasteiger partial charge in [0.15, 0.2) is 0 Å². The minimum absolute atomic E-state index is 0.00994. The molecular formula is C16H21N3O. The largest absolute Gasteiger partial charge is 0.492 e. The topological polar surface area (TPSA) is 61.0 Å². The minimum Gasteiger partial charge on any atom is -0.492 e. The lowest BCUT2D eigenvalue weighted by Crippen LogP contribution is -2.10. The number of aromatic nitrogens is 2. The van der Waals surface area contributed by atoms with Gasteiger partial charge in [-0.3, -0.25) is 9.97 Å². The molecule has 2 aromatic heterocycles. The molecule has 0 amide bonds. The van der Waals surface area contributed by atoms with Crippen molar-refractivity contribution in [1.82, 2.24) is 9.97 Å². The van der Waals surface area contributed by atoms with E-state index in [1.807, 2.05) is 36.7 Å². The van der Waals surface area contributed by atoms with Gasteiger partial charge >= 0.3 is 0 Å². The number of pyridine rings is 2. The van der Waals surface area contributed by atoms with Crippen LogP contribution in [0.25, 0.3) is 0 Å². The standard InChI is InChI=1S/C16H21N3O/c1-2-15(17)16-6-5-14(12-19-16)20-11-3-4-13-7-9-18-10-8-13/h5-10,12,15H,2-4,11,17H2,1H3/t15-/m0/s1. The number of nitrogens with two attached hydrogens (primary N) is 1. The van der Waals surface area contributed by atoms with E-state index < -0.39 is 0 Å². The van der Waals surface area contributed by atoms with Crippen molar-refractivity contribution in [2.75, 3.05) is 6.61 Å². The van der Waals surface area contributed by atoms with Crippen LogP contribution < -0.4 is 10.5 Å². The summed E-state index contributed by atoms with van der Waals surface area (Å²) in [5.41, 5.74) is 8.12. The van der Waals surface area contributed by atoms with E-state index in [1.54, 1.807) is 6.20 Å². The number of nitrogens with zero attached hydrogens (tertiary/aromatic N) is 2. The summed E-state index contributed by atoms with van der Waals surface area (Å²) in [5, 5.41) is 0. The average Bonchev–Trinajstić information content (AvgIpc) is 2.52. The van der Waals surface area contributed by atoms with Gasteiger partial charge in [-0.05, 0) is 49.1 Å². The van der Waals surface area contributed by atoms with Crippen LogP contribution in [0.3, 0.4) is 0 Å². The summed E-state index contributed by atoms with van der Waals surface area (Å²) < 4.78 is 5.68. The second kappa shape index (κ2) is 7.60. The van der Waals surface area contributed by atoms with Crippen LogP contribution in [0, 0.1) is 0 Å². The molecule has 0 aliphatic carbocycles. The second-order valence-electron chi connectivity index (χ2n) is 4.74. The summed E-state index contributed by atoms with van der Waals surface area (Å²) in [6.45, 7) is 2.74. The van der Waals surface area contributed by atoms with E-state index in [0.29, 0.717) is 6.61 Å². The maximum Gasteiger partial charge on any atom is 0.137 e. The molecule has 0 saturated heterocycles. The van der Waals surface area contributed by atoms with Gasteiger partial charge in [0, 0.05) is 18.4 Å². The molecule has 0 radical (unpaired) electrons. The Bertz CT molecular complexity index is 499. The van der Waals surface area contributed by atoms with Crippen LogP contribution in [0.4, 0.5) is 0 Å². The van der Waals surface area contributed by atoms with Crippen molar-refractivity contribution in [3.05, 3.63) is 54.1 Å². The monoisotopic (exact) mass is 271 g/mol. The highest BCUT2D eigenvalue weighted by Gasteiger charge is 2.04. The van der Waals surface area contributed by atoms with Gasteiger partial charge in [-0.25, -0.2) is 0 Å². The number of aryl methyl sites for hydroxylation is 1. The summed E-state index contributed by atoms with van der Waals surface area (Å²) in [6.07, 6.45) is 8.23. The molecule has 2 heterocycles. The van der Waals surface area contributed by atoms with E-state index in [2.05, 4.69) is 16.9 Å². The van der Waals surface area contributed by atoms with E-state index in [9.17, 15) is 0 Å². The van der Waals surface area contributed by atoms with Crippen LogP contribution in [0.2, 0.25) is 0 Å². The first-order valence-electron chi connectivity index (χ1n) is 7.03. The SMILES string of the molecule is CC[C@H](N)c1ccc(OCCCc2ccncc2)cn1. The molecule has 0 fully saturated rings. The van der Waals surface area contributed by atoms with Gasteiger partial charge < -0.3 is 10.5 Å². The first-order chi connectivity index (χ1) is 9.79. The third kappa shape index (κ3) is 4.31. The van der Waals surface area contributed by atoms with Gasteiger partial charge in [0.2, 0.25) is 0 Å². The van der Waals surface area contributed by atoms with Crippen molar-refractivity contribution in [3.63, 3.8) is 0 Å². The third-order valence-corrected chi connectivity index (χ3v) is 3.21. The van der Waals surface area contributed by atoms with Gasteiger partial charge in [-0.15, -0.1) is 0 Å². The first kappa shape index (κ1) is 14.5. The Morgan fingerprint density at radius 1 is 1.20 bits per heavy atom. The number of rotatable bonds is 7. The van der Waals surface area contributed by atoms with Gasteiger partial charge in [0.05, 0.1) is 18.5 Å². The molecule has 0 bridgehead atoms. The minimum atomic E-state index is 0.00994. The Kier molecular flexibility index (Phi) is 5.50. The van der Waals surface area contributed by atoms with Crippen LogP contribution >= 0.6 is 0 Å². The Morgan fingerprint density at radius 2 is 2.00 bits per heavy atom. The Labute approximate surface area is 120 Å². The molecular weight excluding hydrogens is 250 g/mol. The molecule has 2 rings (SSSR count). The number of hydrogen-bond acceptors (Lipinski definition) is 4.